The third-order valence-electron chi connectivity index (χ3n) is 4.40. The van der Waals surface area contributed by atoms with Crippen molar-refractivity contribution in [2.45, 2.75) is 12.5 Å². The van der Waals surface area contributed by atoms with Gasteiger partial charge in [-0.1, -0.05) is 11.6 Å². The zero-order valence-corrected chi connectivity index (χ0v) is 17.7. The van der Waals surface area contributed by atoms with E-state index >= 15 is 0 Å². The molecule has 1 aliphatic rings. The van der Waals surface area contributed by atoms with E-state index in [1.165, 1.54) is 6.26 Å². The van der Waals surface area contributed by atoms with Gasteiger partial charge in [-0.05, 0) is 43.3 Å². The number of hydrogen-bond donors (Lipinski definition) is 2. The number of guanidine groups is 1. The summed E-state index contributed by atoms with van der Waals surface area (Å²) in [6.45, 7) is 5.09. The highest BCUT2D eigenvalue weighted by molar-refractivity contribution is 14.0. The Morgan fingerprint density at radius 1 is 1.23 bits per heavy atom. The van der Waals surface area contributed by atoms with Crippen LogP contribution in [0.3, 0.4) is 0 Å². The molecule has 142 valence electrons. The smallest absolute Gasteiger partial charge is 0.191 e. The molecule has 1 fully saturated rings. The molecule has 3 rings (SSSR count). The van der Waals surface area contributed by atoms with Crippen LogP contribution in [0.25, 0.3) is 0 Å². The maximum absolute atomic E-state index is 10.4. The van der Waals surface area contributed by atoms with E-state index in [9.17, 15) is 5.11 Å². The van der Waals surface area contributed by atoms with Gasteiger partial charge in [-0.2, -0.15) is 0 Å². The SMILES string of the molecule is CC(O)(CN=C(N)N1CCN(c2ccc(Cl)cc2)CC1)c1ccco1.I. The second-order valence-electron chi connectivity index (χ2n) is 6.38. The number of nitrogens with zero attached hydrogens (tertiary/aromatic N) is 3. The quantitative estimate of drug-likeness (QED) is 0.391. The van der Waals surface area contributed by atoms with Gasteiger partial charge in [0.15, 0.2) is 5.96 Å². The average Bonchev–Trinajstić information content (AvgIpc) is 3.16. The molecule has 1 aromatic carbocycles. The van der Waals surface area contributed by atoms with E-state index < -0.39 is 5.60 Å². The molecule has 2 heterocycles. The van der Waals surface area contributed by atoms with Gasteiger partial charge in [-0.3, -0.25) is 0 Å². The standard InChI is InChI=1S/C18H23ClN4O2.HI/c1-18(24,16-3-2-12-25-16)13-21-17(20)23-10-8-22(9-11-23)15-6-4-14(19)5-7-15;/h2-7,12,24H,8-11,13H2,1H3,(H2,20,21);1H. The lowest BCUT2D eigenvalue weighted by atomic mass is 10.0. The first-order valence-corrected chi connectivity index (χ1v) is 8.65. The van der Waals surface area contributed by atoms with Gasteiger partial charge in [0.1, 0.15) is 11.4 Å². The van der Waals surface area contributed by atoms with Crippen LogP contribution < -0.4 is 10.6 Å². The lowest BCUT2D eigenvalue weighted by molar-refractivity contribution is 0.0435. The van der Waals surface area contributed by atoms with Crippen molar-refractivity contribution in [1.29, 1.82) is 0 Å². The van der Waals surface area contributed by atoms with Crippen molar-refractivity contribution >= 4 is 47.2 Å². The Labute approximate surface area is 175 Å². The van der Waals surface area contributed by atoms with Gasteiger partial charge >= 0.3 is 0 Å². The van der Waals surface area contributed by atoms with Crippen molar-refractivity contribution in [3.8, 4) is 0 Å². The van der Waals surface area contributed by atoms with Crippen LogP contribution in [0.5, 0.6) is 0 Å². The van der Waals surface area contributed by atoms with Crippen LogP contribution in [0.4, 0.5) is 5.69 Å². The van der Waals surface area contributed by atoms with Crippen molar-refractivity contribution in [1.82, 2.24) is 4.90 Å². The topological polar surface area (TPSA) is 78.2 Å². The van der Waals surface area contributed by atoms with E-state index in [1.54, 1.807) is 19.1 Å². The van der Waals surface area contributed by atoms with Crippen LogP contribution in [-0.2, 0) is 5.60 Å². The fourth-order valence-electron chi connectivity index (χ4n) is 2.84. The number of nitrogens with two attached hydrogens (primary N) is 1. The molecule has 1 saturated heterocycles. The second kappa shape index (κ2) is 8.96. The number of halogens is 2. The highest BCUT2D eigenvalue weighted by atomic mass is 127. The van der Waals surface area contributed by atoms with Crippen molar-refractivity contribution in [3.05, 3.63) is 53.4 Å². The summed E-state index contributed by atoms with van der Waals surface area (Å²) < 4.78 is 5.26. The Morgan fingerprint density at radius 3 is 2.46 bits per heavy atom. The zero-order valence-electron chi connectivity index (χ0n) is 14.6. The molecule has 0 saturated carbocycles. The van der Waals surface area contributed by atoms with Gasteiger partial charge in [0.25, 0.3) is 0 Å². The Hall–Kier alpha value is -1.45. The maximum Gasteiger partial charge on any atom is 0.191 e. The lowest BCUT2D eigenvalue weighted by Crippen LogP contribution is -2.51. The Morgan fingerprint density at radius 2 is 1.88 bits per heavy atom. The Bertz CT molecular complexity index is 711. The number of anilines is 1. The first kappa shape index (κ1) is 20.9. The Balaban J connectivity index is 0.00000243. The van der Waals surface area contributed by atoms with Crippen molar-refractivity contribution < 1.29 is 9.52 Å². The summed E-state index contributed by atoms with van der Waals surface area (Å²) >= 11 is 5.94. The van der Waals surface area contributed by atoms with E-state index in [4.69, 9.17) is 21.8 Å². The normalized spacial score (nSPS) is 17.6. The van der Waals surface area contributed by atoms with Crippen LogP contribution in [0.15, 0.2) is 52.1 Å². The zero-order chi connectivity index (χ0) is 17.9. The number of aliphatic imine (C=N–C) groups is 1. The molecular formula is C18H24ClIN4O2. The molecule has 1 aliphatic heterocycles. The minimum absolute atomic E-state index is 0. The monoisotopic (exact) mass is 490 g/mol. The summed E-state index contributed by atoms with van der Waals surface area (Å²) in [5, 5.41) is 11.2. The van der Waals surface area contributed by atoms with Gasteiger partial charge in [0.2, 0.25) is 0 Å². The molecular weight excluding hydrogens is 467 g/mol. The van der Waals surface area contributed by atoms with Crippen LogP contribution in [0.1, 0.15) is 12.7 Å². The van der Waals surface area contributed by atoms with Crippen LogP contribution in [-0.4, -0.2) is 48.7 Å². The predicted molar refractivity (Wildman–Crippen MR) is 115 cm³/mol. The van der Waals surface area contributed by atoms with Crippen molar-refractivity contribution in [3.63, 3.8) is 0 Å². The van der Waals surface area contributed by atoms with E-state index in [0.717, 1.165) is 36.9 Å². The molecule has 0 aliphatic carbocycles. The van der Waals surface area contributed by atoms with Gasteiger partial charge in [0, 0.05) is 36.9 Å². The highest BCUT2D eigenvalue weighted by Gasteiger charge is 2.26. The van der Waals surface area contributed by atoms with Gasteiger partial charge < -0.3 is 25.1 Å². The lowest BCUT2D eigenvalue weighted by Gasteiger charge is -2.36. The maximum atomic E-state index is 10.4. The largest absolute Gasteiger partial charge is 0.466 e. The van der Waals surface area contributed by atoms with Gasteiger partial charge in [0.05, 0.1) is 12.8 Å². The molecule has 3 N–H and O–H groups in total. The molecule has 1 atom stereocenters. The van der Waals surface area contributed by atoms with Gasteiger partial charge in [-0.25, -0.2) is 4.99 Å². The number of aliphatic hydroxyl groups is 1. The predicted octanol–water partition coefficient (Wildman–Crippen LogP) is 2.90. The van der Waals surface area contributed by atoms with Crippen molar-refractivity contribution in [2.75, 3.05) is 37.6 Å². The van der Waals surface area contributed by atoms with Crippen LogP contribution in [0, 0.1) is 0 Å². The molecule has 0 radical (unpaired) electrons. The van der Waals surface area contributed by atoms with E-state index in [0.29, 0.717) is 11.7 Å². The number of piperazine rings is 1. The first-order chi connectivity index (χ1) is 12.0. The van der Waals surface area contributed by atoms with Crippen molar-refractivity contribution in [2.24, 2.45) is 10.7 Å². The molecule has 0 spiro atoms. The summed E-state index contributed by atoms with van der Waals surface area (Å²) in [6, 6.07) is 11.3. The summed E-state index contributed by atoms with van der Waals surface area (Å²) in [7, 11) is 0. The molecule has 0 amide bonds. The summed E-state index contributed by atoms with van der Waals surface area (Å²) in [4.78, 5) is 8.68. The number of rotatable bonds is 4. The summed E-state index contributed by atoms with van der Waals surface area (Å²) in [6.07, 6.45) is 1.53. The minimum atomic E-state index is -1.17. The Kier molecular flexibility index (Phi) is 7.19. The molecule has 6 nitrogen and oxygen atoms in total. The fraction of sp³-hybridized carbons (Fsp3) is 0.389. The molecule has 26 heavy (non-hydrogen) atoms. The third-order valence-corrected chi connectivity index (χ3v) is 4.65. The molecule has 1 unspecified atom stereocenters. The second-order valence-corrected chi connectivity index (χ2v) is 6.81. The molecule has 8 heteroatoms. The molecule has 2 aromatic rings. The number of benzene rings is 1. The first-order valence-electron chi connectivity index (χ1n) is 8.27. The molecule has 1 aromatic heterocycles. The summed E-state index contributed by atoms with van der Waals surface area (Å²) in [5.74, 6) is 0.930. The van der Waals surface area contributed by atoms with E-state index in [1.807, 2.05) is 29.2 Å². The fourth-order valence-corrected chi connectivity index (χ4v) is 2.97. The molecule has 0 bridgehead atoms. The van der Waals surface area contributed by atoms with E-state index in [2.05, 4.69) is 9.89 Å². The minimum Gasteiger partial charge on any atom is -0.466 e. The average molecular weight is 491 g/mol. The number of furan rings is 1. The number of hydrogen-bond acceptors (Lipinski definition) is 4. The van der Waals surface area contributed by atoms with Gasteiger partial charge in [-0.15, -0.1) is 24.0 Å². The van der Waals surface area contributed by atoms with Crippen LogP contribution >= 0.6 is 35.6 Å². The highest BCUT2D eigenvalue weighted by Crippen LogP contribution is 2.22. The van der Waals surface area contributed by atoms with E-state index in [-0.39, 0.29) is 30.5 Å². The summed E-state index contributed by atoms with van der Waals surface area (Å²) in [5.41, 5.74) is 6.10. The van der Waals surface area contributed by atoms with Crippen LogP contribution in [0.2, 0.25) is 5.02 Å². The third kappa shape index (κ3) is 5.05.